The number of hydrogen-bond donors (Lipinski definition) is 3. The molecule has 0 saturated heterocycles. The van der Waals surface area contributed by atoms with Gasteiger partial charge in [0.1, 0.15) is 0 Å². The van der Waals surface area contributed by atoms with Gasteiger partial charge < -0.3 is 10.4 Å². The van der Waals surface area contributed by atoms with Gasteiger partial charge in [0.2, 0.25) is 0 Å². The maximum absolute atomic E-state index is 12.9. The fraction of sp³-hybridized carbons (Fsp3) is 0. The second kappa shape index (κ2) is 4.16. The molecule has 0 radical (unpaired) electrons. The van der Waals surface area contributed by atoms with E-state index in [2.05, 4.69) is 20.7 Å². The third kappa shape index (κ3) is 2.19. The summed E-state index contributed by atoms with van der Waals surface area (Å²) in [7, 11) is 0. The summed E-state index contributed by atoms with van der Waals surface area (Å²) < 4.78 is 25.5. The van der Waals surface area contributed by atoms with Crippen molar-refractivity contribution in [3.05, 3.63) is 35.5 Å². The van der Waals surface area contributed by atoms with Crippen LogP contribution in [0.4, 0.5) is 20.3 Å². The van der Waals surface area contributed by atoms with Crippen LogP contribution in [-0.2, 0) is 0 Å². The topological polar surface area (TPSA) is 90.9 Å². The van der Waals surface area contributed by atoms with Crippen molar-refractivity contribution < 1.29 is 18.7 Å². The van der Waals surface area contributed by atoms with E-state index in [1.54, 1.807) is 0 Å². The van der Waals surface area contributed by atoms with Crippen LogP contribution >= 0.6 is 0 Å². The Hall–Kier alpha value is -2.51. The number of aromatic nitrogens is 3. The van der Waals surface area contributed by atoms with Crippen LogP contribution in [0.2, 0.25) is 0 Å². The molecule has 0 aliphatic carbocycles. The first kappa shape index (κ1) is 11.0. The van der Waals surface area contributed by atoms with Crippen LogP contribution in [-0.4, -0.2) is 26.5 Å². The molecule has 17 heavy (non-hydrogen) atoms. The number of carboxylic acids is 1. The Morgan fingerprint density at radius 1 is 1.35 bits per heavy atom. The molecule has 1 aromatic heterocycles. The van der Waals surface area contributed by atoms with Crippen LogP contribution in [0.15, 0.2) is 18.2 Å². The number of halogens is 2. The van der Waals surface area contributed by atoms with Gasteiger partial charge in [0.15, 0.2) is 23.1 Å². The maximum atomic E-state index is 12.9. The summed E-state index contributed by atoms with van der Waals surface area (Å²) in [6.07, 6.45) is 0. The average Bonchev–Trinajstić information content (AvgIpc) is 2.72. The van der Waals surface area contributed by atoms with E-state index in [0.717, 1.165) is 12.1 Å². The first-order chi connectivity index (χ1) is 8.08. The van der Waals surface area contributed by atoms with E-state index < -0.39 is 17.6 Å². The number of benzene rings is 1. The van der Waals surface area contributed by atoms with Crippen molar-refractivity contribution in [3.8, 4) is 0 Å². The maximum Gasteiger partial charge on any atom is 0.357 e. The third-order valence-corrected chi connectivity index (χ3v) is 1.94. The average molecular weight is 240 g/mol. The fourth-order valence-corrected chi connectivity index (χ4v) is 1.18. The molecule has 2 rings (SSSR count). The first-order valence-corrected chi connectivity index (χ1v) is 4.44. The highest BCUT2D eigenvalue weighted by Gasteiger charge is 2.14. The molecule has 6 nitrogen and oxygen atoms in total. The van der Waals surface area contributed by atoms with E-state index in [4.69, 9.17) is 5.11 Å². The van der Waals surface area contributed by atoms with E-state index in [9.17, 15) is 13.6 Å². The van der Waals surface area contributed by atoms with Crippen molar-refractivity contribution in [1.82, 2.24) is 15.4 Å². The number of anilines is 2. The van der Waals surface area contributed by atoms with Crippen molar-refractivity contribution in [3.63, 3.8) is 0 Å². The molecule has 0 unspecified atom stereocenters. The lowest BCUT2D eigenvalue weighted by atomic mass is 10.3. The van der Waals surface area contributed by atoms with Gasteiger partial charge in [0.05, 0.1) is 0 Å². The molecule has 1 heterocycles. The van der Waals surface area contributed by atoms with Crippen LogP contribution < -0.4 is 5.32 Å². The molecule has 0 saturated carbocycles. The standard InChI is InChI=1S/C9H6F2N4O2/c10-5-2-1-4(3-6(5)11)12-8-7(9(16)17)13-15-14-8/h1-3H,(H,16,17)(H2,12,13,14,15). The van der Waals surface area contributed by atoms with Gasteiger partial charge >= 0.3 is 5.97 Å². The molecule has 0 atom stereocenters. The largest absolute Gasteiger partial charge is 0.476 e. The summed E-state index contributed by atoms with van der Waals surface area (Å²) in [6, 6.07) is 3.05. The number of nitrogens with zero attached hydrogens (tertiary/aromatic N) is 2. The van der Waals surface area contributed by atoms with Crippen molar-refractivity contribution in [2.75, 3.05) is 5.32 Å². The van der Waals surface area contributed by atoms with Crippen LogP contribution in [0.3, 0.4) is 0 Å². The summed E-state index contributed by atoms with van der Waals surface area (Å²) in [6.45, 7) is 0. The molecule has 0 fully saturated rings. The van der Waals surface area contributed by atoms with Gasteiger partial charge in [-0.1, -0.05) is 5.21 Å². The van der Waals surface area contributed by atoms with E-state index in [-0.39, 0.29) is 17.2 Å². The Morgan fingerprint density at radius 3 is 2.76 bits per heavy atom. The normalized spacial score (nSPS) is 10.2. The summed E-state index contributed by atoms with van der Waals surface area (Å²) in [5, 5.41) is 20.2. The monoisotopic (exact) mass is 240 g/mol. The molecule has 88 valence electrons. The first-order valence-electron chi connectivity index (χ1n) is 4.44. The summed E-state index contributed by atoms with van der Waals surface area (Å²) >= 11 is 0. The van der Waals surface area contributed by atoms with Crippen molar-refractivity contribution in [1.29, 1.82) is 0 Å². The lowest BCUT2D eigenvalue weighted by Crippen LogP contribution is -2.02. The van der Waals surface area contributed by atoms with E-state index in [1.807, 2.05) is 0 Å². The SMILES string of the molecule is O=C(O)c1[nH]nnc1Nc1ccc(F)c(F)c1. The smallest absolute Gasteiger partial charge is 0.357 e. The highest BCUT2D eigenvalue weighted by Crippen LogP contribution is 2.18. The van der Waals surface area contributed by atoms with Crippen molar-refractivity contribution in [2.24, 2.45) is 0 Å². The van der Waals surface area contributed by atoms with E-state index in [0.29, 0.717) is 0 Å². The predicted octanol–water partition coefficient (Wildman–Crippen LogP) is 1.52. The molecule has 0 aliphatic rings. The molecule has 0 aliphatic heterocycles. The van der Waals surface area contributed by atoms with Gasteiger partial charge in [-0.3, -0.25) is 0 Å². The molecule has 1 aromatic carbocycles. The number of hydrogen-bond acceptors (Lipinski definition) is 4. The van der Waals surface area contributed by atoms with Gasteiger partial charge in [0, 0.05) is 11.8 Å². The lowest BCUT2D eigenvalue weighted by Gasteiger charge is -2.03. The molecular formula is C9H6F2N4O2. The predicted molar refractivity (Wildman–Crippen MR) is 53.0 cm³/mol. The Labute approximate surface area is 93.3 Å². The summed E-state index contributed by atoms with van der Waals surface area (Å²) in [5.74, 6) is -3.38. The molecule has 2 aromatic rings. The zero-order valence-electron chi connectivity index (χ0n) is 8.24. The minimum atomic E-state index is -1.26. The second-order valence-electron chi connectivity index (χ2n) is 3.09. The number of carboxylic acid groups (broad SMARTS) is 1. The van der Waals surface area contributed by atoms with Gasteiger partial charge in [-0.25, -0.2) is 18.7 Å². The summed E-state index contributed by atoms with van der Waals surface area (Å²) in [4.78, 5) is 10.7. The van der Waals surface area contributed by atoms with E-state index in [1.165, 1.54) is 6.07 Å². The molecule has 0 bridgehead atoms. The second-order valence-corrected chi connectivity index (χ2v) is 3.09. The molecule has 3 N–H and O–H groups in total. The van der Waals surface area contributed by atoms with Gasteiger partial charge in [-0.05, 0) is 12.1 Å². The zero-order chi connectivity index (χ0) is 12.4. The molecule has 8 heteroatoms. The Bertz CT molecular complexity index is 570. The van der Waals surface area contributed by atoms with Gasteiger partial charge in [-0.2, -0.15) is 0 Å². The zero-order valence-corrected chi connectivity index (χ0v) is 8.24. The minimum Gasteiger partial charge on any atom is -0.476 e. The molecule has 0 amide bonds. The highest BCUT2D eigenvalue weighted by atomic mass is 19.2. The lowest BCUT2D eigenvalue weighted by molar-refractivity contribution is 0.0691. The number of nitrogens with one attached hydrogen (secondary N) is 2. The molecule has 0 spiro atoms. The van der Waals surface area contributed by atoms with Crippen molar-refractivity contribution >= 4 is 17.5 Å². The van der Waals surface area contributed by atoms with Gasteiger partial charge in [0.25, 0.3) is 0 Å². The number of H-pyrrole nitrogens is 1. The minimum absolute atomic E-state index is 0.0801. The quantitative estimate of drug-likeness (QED) is 0.756. The summed E-state index contributed by atoms with van der Waals surface area (Å²) in [5.41, 5.74) is -0.102. The third-order valence-electron chi connectivity index (χ3n) is 1.94. The highest BCUT2D eigenvalue weighted by molar-refractivity contribution is 5.91. The number of aromatic amines is 1. The number of rotatable bonds is 3. The van der Waals surface area contributed by atoms with Crippen molar-refractivity contribution in [2.45, 2.75) is 0 Å². The van der Waals surface area contributed by atoms with Crippen LogP contribution in [0.25, 0.3) is 0 Å². The van der Waals surface area contributed by atoms with E-state index >= 15 is 0 Å². The molecular weight excluding hydrogens is 234 g/mol. The Balaban J connectivity index is 2.28. The van der Waals surface area contributed by atoms with Crippen LogP contribution in [0.1, 0.15) is 10.5 Å². The number of carbonyl (C=O) groups is 1. The van der Waals surface area contributed by atoms with Gasteiger partial charge in [-0.15, -0.1) is 5.10 Å². The Morgan fingerprint density at radius 2 is 2.12 bits per heavy atom. The van der Waals surface area contributed by atoms with Crippen LogP contribution in [0.5, 0.6) is 0 Å². The van der Waals surface area contributed by atoms with Crippen LogP contribution in [0, 0.1) is 11.6 Å². The Kier molecular flexibility index (Phi) is 2.69. The fourth-order valence-electron chi connectivity index (χ4n) is 1.18. The number of aromatic carboxylic acids is 1.